The van der Waals surface area contributed by atoms with E-state index >= 15 is 0 Å². The molecule has 5 heteroatoms. The molecule has 0 bridgehead atoms. The summed E-state index contributed by atoms with van der Waals surface area (Å²) in [6, 6.07) is 6.75. The molecule has 0 saturated heterocycles. The van der Waals surface area contributed by atoms with Gasteiger partial charge >= 0.3 is 5.97 Å². The third kappa shape index (κ3) is 7.30. The SMILES string of the molecule is CCC(C)CC(C)CC(C)CCO/C(C)=C\COC(=O)c1ccc(C2=C(C)C(=O)C2(C)O)cc1. The van der Waals surface area contributed by atoms with Crippen molar-refractivity contribution in [3.8, 4) is 0 Å². The van der Waals surface area contributed by atoms with E-state index in [0.717, 1.165) is 29.6 Å². The zero-order valence-electron chi connectivity index (χ0n) is 21.9. The first-order valence-electron chi connectivity index (χ1n) is 12.5. The van der Waals surface area contributed by atoms with Crippen LogP contribution in [0.5, 0.6) is 0 Å². The number of allylic oxidation sites excluding steroid dienone is 1. The maximum atomic E-state index is 12.3. The predicted molar refractivity (Wildman–Crippen MR) is 136 cm³/mol. The minimum Gasteiger partial charge on any atom is -0.498 e. The van der Waals surface area contributed by atoms with E-state index < -0.39 is 11.6 Å². The molecule has 5 nitrogen and oxygen atoms in total. The normalized spacial score (nSPS) is 21.1. The second-order valence-corrected chi connectivity index (χ2v) is 10.2. The molecule has 0 amide bonds. The minimum atomic E-state index is -1.46. The van der Waals surface area contributed by atoms with Crippen LogP contribution in [0.3, 0.4) is 0 Å². The molecule has 0 saturated carbocycles. The first kappa shape index (κ1) is 27.8. The summed E-state index contributed by atoms with van der Waals surface area (Å²) in [5.74, 6) is 2.20. The van der Waals surface area contributed by atoms with Gasteiger partial charge < -0.3 is 14.6 Å². The van der Waals surface area contributed by atoms with Gasteiger partial charge in [0, 0.05) is 11.1 Å². The maximum absolute atomic E-state index is 12.3. The summed E-state index contributed by atoms with van der Waals surface area (Å²) in [7, 11) is 0. The lowest BCUT2D eigenvalue weighted by Crippen LogP contribution is -2.46. The Hall–Kier alpha value is -2.40. The van der Waals surface area contributed by atoms with Gasteiger partial charge in [-0.1, -0.05) is 46.2 Å². The summed E-state index contributed by atoms with van der Waals surface area (Å²) >= 11 is 0. The van der Waals surface area contributed by atoms with Gasteiger partial charge in [0.05, 0.1) is 17.9 Å². The lowest BCUT2D eigenvalue weighted by atomic mass is 9.71. The van der Waals surface area contributed by atoms with E-state index in [1.54, 1.807) is 37.3 Å². The molecule has 1 aliphatic rings. The molecule has 34 heavy (non-hydrogen) atoms. The van der Waals surface area contributed by atoms with Crippen LogP contribution in [0, 0.1) is 17.8 Å². The summed E-state index contributed by atoms with van der Waals surface area (Å²) in [6.07, 6.45) is 6.53. The van der Waals surface area contributed by atoms with E-state index in [9.17, 15) is 14.7 Å². The van der Waals surface area contributed by atoms with E-state index in [2.05, 4.69) is 27.7 Å². The predicted octanol–water partition coefficient (Wildman–Crippen LogP) is 6.36. The van der Waals surface area contributed by atoms with Crippen LogP contribution in [0.1, 0.15) is 90.1 Å². The second-order valence-electron chi connectivity index (χ2n) is 10.2. The molecule has 0 aliphatic heterocycles. The Kier molecular flexibility index (Phi) is 10.1. The van der Waals surface area contributed by atoms with Gasteiger partial charge in [0.2, 0.25) is 0 Å². The van der Waals surface area contributed by atoms with Gasteiger partial charge in [-0.15, -0.1) is 0 Å². The molecular formula is C29H42O5. The van der Waals surface area contributed by atoms with Gasteiger partial charge in [-0.25, -0.2) is 4.79 Å². The van der Waals surface area contributed by atoms with Crippen molar-refractivity contribution in [2.24, 2.45) is 17.8 Å². The van der Waals surface area contributed by atoms with E-state index in [1.165, 1.54) is 26.2 Å². The zero-order chi connectivity index (χ0) is 25.5. The molecule has 1 aromatic rings. The number of esters is 1. The van der Waals surface area contributed by atoms with E-state index in [0.29, 0.717) is 29.2 Å². The topological polar surface area (TPSA) is 72.8 Å². The Bertz CT molecular complexity index is 907. The number of hydrogen-bond acceptors (Lipinski definition) is 5. The van der Waals surface area contributed by atoms with Crippen molar-refractivity contribution in [2.45, 2.75) is 79.8 Å². The Balaban J connectivity index is 1.74. The van der Waals surface area contributed by atoms with Crippen molar-refractivity contribution in [1.82, 2.24) is 0 Å². The monoisotopic (exact) mass is 470 g/mol. The molecule has 0 radical (unpaired) electrons. The molecule has 2 rings (SSSR count). The summed E-state index contributed by atoms with van der Waals surface area (Å²) in [5, 5.41) is 10.3. The smallest absolute Gasteiger partial charge is 0.338 e. The fraction of sp³-hybridized carbons (Fsp3) is 0.586. The number of aliphatic hydroxyl groups is 1. The van der Waals surface area contributed by atoms with Crippen LogP contribution in [-0.2, 0) is 14.3 Å². The van der Waals surface area contributed by atoms with Crippen LogP contribution in [0.4, 0.5) is 0 Å². The highest BCUT2D eigenvalue weighted by molar-refractivity contribution is 6.23. The Labute approximate surface area is 205 Å². The number of Topliss-reactive ketones (excluding diaryl/α,β-unsaturated/α-hetero) is 1. The number of benzene rings is 1. The first-order valence-corrected chi connectivity index (χ1v) is 12.5. The third-order valence-corrected chi connectivity index (χ3v) is 6.89. The molecular weight excluding hydrogens is 428 g/mol. The molecule has 0 fully saturated rings. The summed E-state index contributed by atoms with van der Waals surface area (Å²) in [6.45, 7) is 15.1. The average molecular weight is 471 g/mol. The highest BCUT2D eigenvalue weighted by Crippen LogP contribution is 2.41. The highest BCUT2D eigenvalue weighted by atomic mass is 16.5. The molecule has 188 valence electrons. The fourth-order valence-corrected chi connectivity index (χ4v) is 4.72. The second kappa shape index (κ2) is 12.3. The molecule has 4 unspecified atom stereocenters. The van der Waals surface area contributed by atoms with Gasteiger partial charge in [0.1, 0.15) is 6.61 Å². The Morgan fingerprint density at radius 3 is 2.26 bits per heavy atom. The number of carbonyl (C=O) groups excluding carboxylic acids is 2. The molecule has 0 heterocycles. The van der Waals surface area contributed by atoms with Gasteiger partial charge in [-0.2, -0.15) is 0 Å². The minimum absolute atomic E-state index is 0.140. The van der Waals surface area contributed by atoms with E-state index in [1.807, 2.05) is 6.92 Å². The van der Waals surface area contributed by atoms with Crippen molar-refractivity contribution >= 4 is 17.3 Å². The zero-order valence-corrected chi connectivity index (χ0v) is 21.9. The fourth-order valence-electron chi connectivity index (χ4n) is 4.72. The maximum Gasteiger partial charge on any atom is 0.338 e. The Morgan fingerprint density at radius 2 is 1.68 bits per heavy atom. The van der Waals surface area contributed by atoms with Gasteiger partial charge in [0.15, 0.2) is 11.4 Å². The van der Waals surface area contributed by atoms with Gasteiger partial charge in [0.25, 0.3) is 0 Å². The van der Waals surface area contributed by atoms with Crippen molar-refractivity contribution in [1.29, 1.82) is 0 Å². The van der Waals surface area contributed by atoms with Crippen LogP contribution in [0.15, 0.2) is 41.7 Å². The molecule has 0 aromatic heterocycles. The number of rotatable bonds is 13. The number of ether oxygens (including phenoxy) is 2. The number of hydrogen-bond donors (Lipinski definition) is 1. The van der Waals surface area contributed by atoms with Crippen molar-refractivity contribution in [3.05, 3.63) is 52.8 Å². The largest absolute Gasteiger partial charge is 0.498 e. The Morgan fingerprint density at radius 1 is 1.06 bits per heavy atom. The van der Waals surface area contributed by atoms with Crippen LogP contribution in [0.25, 0.3) is 5.57 Å². The summed E-state index contributed by atoms with van der Waals surface area (Å²) in [5.41, 5.74) is 0.840. The van der Waals surface area contributed by atoms with Crippen molar-refractivity contribution in [2.75, 3.05) is 13.2 Å². The average Bonchev–Trinajstić information content (AvgIpc) is 2.78. The quantitative estimate of drug-likeness (QED) is 0.268. The van der Waals surface area contributed by atoms with Gasteiger partial charge in [-0.05, 0) is 81.6 Å². The molecule has 1 aromatic carbocycles. The standard InChI is InChI=1S/C29H42O5/c1-8-19(2)17-21(4)18-20(3)13-15-33-22(5)14-16-34-28(31)25-11-9-24(10-12-25)26-23(6)27(30)29(26,7)32/h9-12,14,19-21,32H,8,13,15-18H2,1-7H3/b22-14-. The molecule has 1 aliphatic carbocycles. The van der Waals surface area contributed by atoms with Crippen LogP contribution in [-0.4, -0.2) is 35.7 Å². The van der Waals surface area contributed by atoms with Gasteiger partial charge in [-0.3, -0.25) is 4.79 Å². The number of carbonyl (C=O) groups is 2. The molecule has 4 atom stereocenters. The van der Waals surface area contributed by atoms with E-state index in [-0.39, 0.29) is 12.4 Å². The van der Waals surface area contributed by atoms with Crippen molar-refractivity contribution < 1.29 is 24.2 Å². The van der Waals surface area contributed by atoms with E-state index in [4.69, 9.17) is 9.47 Å². The summed E-state index contributed by atoms with van der Waals surface area (Å²) in [4.78, 5) is 24.1. The lowest BCUT2D eigenvalue weighted by Gasteiger charge is -2.36. The number of ketones is 1. The van der Waals surface area contributed by atoms with Crippen molar-refractivity contribution in [3.63, 3.8) is 0 Å². The van der Waals surface area contributed by atoms with Crippen LogP contribution < -0.4 is 0 Å². The summed E-state index contributed by atoms with van der Waals surface area (Å²) < 4.78 is 11.1. The lowest BCUT2D eigenvalue weighted by molar-refractivity contribution is -0.129. The first-order chi connectivity index (χ1) is 16.0. The van der Waals surface area contributed by atoms with Crippen LogP contribution in [0.2, 0.25) is 0 Å². The molecule has 0 spiro atoms. The molecule has 1 N–H and O–H groups in total. The van der Waals surface area contributed by atoms with Crippen LogP contribution >= 0.6 is 0 Å². The highest BCUT2D eigenvalue weighted by Gasteiger charge is 2.46. The third-order valence-electron chi connectivity index (χ3n) is 6.89.